The summed E-state index contributed by atoms with van der Waals surface area (Å²) in [6.45, 7) is 3.00. The molecule has 0 bridgehead atoms. The van der Waals surface area contributed by atoms with Crippen LogP contribution in [0.4, 0.5) is 10.5 Å². The maximum absolute atomic E-state index is 12.2. The van der Waals surface area contributed by atoms with E-state index in [1.54, 1.807) is 19.1 Å². The van der Waals surface area contributed by atoms with E-state index in [-0.39, 0.29) is 25.3 Å². The third kappa shape index (κ3) is 3.87. The maximum Gasteiger partial charge on any atom is 0.414 e. The van der Waals surface area contributed by atoms with Crippen molar-refractivity contribution in [2.75, 3.05) is 24.3 Å². The van der Waals surface area contributed by atoms with Gasteiger partial charge in [0, 0.05) is 18.4 Å². The lowest BCUT2D eigenvalue weighted by atomic mass is 10.0. The second-order valence-corrected chi connectivity index (χ2v) is 8.51. The van der Waals surface area contributed by atoms with Crippen LogP contribution < -0.4 is 4.90 Å². The number of carbonyl (C=O) groups excluding carboxylic acids is 2. The van der Waals surface area contributed by atoms with E-state index in [2.05, 4.69) is 0 Å². The molecule has 1 aromatic rings. The summed E-state index contributed by atoms with van der Waals surface area (Å²) in [6.07, 6.45) is -0.676. The van der Waals surface area contributed by atoms with Gasteiger partial charge in [0.1, 0.15) is 11.9 Å². The molecule has 1 aliphatic rings. The van der Waals surface area contributed by atoms with E-state index < -0.39 is 32.8 Å². The van der Waals surface area contributed by atoms with E-state index in [1.807, 2.05) is 0 Å². The number of cyclic esters (lactones) is 1. The second-order valence-electron chi connectivity index (χ2n) is 6.06. The average molecular weight is 371 g/mol. The van der Waals surface area contributed by atoms with E-state index in [4.69, 9.17) is 9.47 Å². The molecular weight excluding hydrogens is 350 g/mol. The molecule has 1 fully saturated rings. The van der Waals surface area contributed by atoms with Crippen LogP contribution in [0.2, 0.25) is 0 Å². The standard InChI is InChI=1S/C16H21NO7S/c1-4-23-14(19)16(2,25(3,21)22)9-13-10-17(15(20)24-13)11-5-7-12(18)8-6-11/h5-8,13,18H,4,9-10H2,1-3H3/t13-,16?/m0/s1. The van der Waals surface area contributed by atoms with Gasteiger partial charge in [-0.25, -0.2) is 13.2 Å². The predicted octanol–water partition coefficient (Wildman–Crippen LogP) is 1.47. The lowest BCUT2D eigenvalue weighted by Gasteiger charge is -2.27. The van der Waals surface area contributed by atoms with Crippen molar-refractivity contribution in [3.8, 4) is 5.75 Å². The van der Waals surface area contributed by atoms with Gasteiger partial charge in [-0.3, -0.25) is 9.69 Å². The van der Waals surface area contributed by atoms with Gasteiger partial charge in [0.2, 0.25) is 0 Å². The third-order valence-corrected chi connectivity index (χ3v) is 6.15. The Morgan fingerprint density at radius 3 is 2.52 bits per heavy atom. The second kappa shape index (κ2) is 6.91. The Morgan fingerprint density at radius 2 is 2.00 bits per heavy atom. The molecule has 0 aromatic heterocycles. The summed E-state index contributed by atoms with van der Waals surface area (Å²) in [6, 6.07) is 5.94. The van der Waals surface area contributed by atoms with Gasteiger partial charge < -0.3 is 14.6 Å². The predicted molar refractivity (Wildman–Crippen MR) is 90.2 cm³/mol. The number of amides is 1. The summed E-state index contributed by atoms with van der Waals surface area (Å²) in [7, 11) is -3.80. The van der Waals surface area contributed by atoms with Gasteiger partial charge in [-0.2, -0.15) is 0 Å². The molecule has 138 valence electrons. The minimum atomic E-state index is -3.80. The number of ether oxygens (including phenoxy) is 2. The smallest absolute Gasteiger partial charge is 0.414 e. The highest BCUT2D eigenvalue weighted by molar-refractivity contribution is 7.92. The van der Waals surface area contributed by atoms with Gasteiger partial charge in [0.05, 0.1) is 13.2 Å². The van der Waals surface area contributed by atoms with Crippen molar-refractivity contribution >= 4 is 27.6 Å². The topological polar surface area (TPSA) is 110 Å². The third-order valence-electron chi connectivity index (χ3n) is 4.18. The Balaban J connectivity index is 2.20. The first kappa shape index (κ1) is 19.0. The summed E-state index contributed by atoms with van der Waals surface area (Å²) in [5.74, 6) is -0.809. The molecule has 1 saturated heterocycles. The first-order chi connectivity index (χ1) is 11.6. The number of phenols is 1. The number of hydrogen-bond donors (Lipinski definition) is 1. The quantitative estimate of drug-likeness (QED) is 0.754. The lowest BCUT2D eigenvalue weighted by Crippen LogP contribution is -2.47. The van der Waals surface area contributed by atoms with Gasteiger partial charge in [-0.1, -0.05) is 0 Å². The van der Waals surface area contributed by atoms with Gasteiger partial charge in [0.15, 0.2) is 14.6 Å². The van der Waals surface area contributed by atoms with Crippen molar-refractivity contribution in [1.29, 1.82) is 0 Å². The number of anilines is 1. The Labute approximate surface area is 146 Å². The molecule has 8 nitrogen and oxygen atoms in total. The van der Waals surface area contributed by atoms with E-state index >= 15 is 0 Å². The minimum absolute atomic E-state index is 0.0496. The van der Waals surface area contributed by atoms with Crippen LogP contribution in [-0.2, 0) is 24.1 Å². The number of benzene rings is 1. The zero-order valence-corrected chi connectivity index (χ0v) is 15.1. The van der Waals surface area contributed by atoms with Crippen molar-refractivity contribution in [3.63, 3.8) is 0 Å². The molecule has 0 spiro atoms. The van der Waals surface area contributed by atoms with Crippen molar-refractivity contribution in [1.82, 2.24) is 0 Å². The highest BCUT2D eigenvalue weighted by atomic mass is 32.2. The van der Waals surface area contributed by atoms with Crippen LogP contribution in [0.15, 0.2) is 24.3 Å². The van der Waals surface area contributed by atoms with Crippen LogP contribution in [0.1, 0.15) is 20.3 Å². The Morgan fingerprint density at radius 1 is 1.40 bits per heavy atom. The molecule has 1 aliphatic heterocycles. The van der Waals surface area contributed by atoms with Crippen LogP contribution in [0.25, 0.3) is 0 Å². The maximum atomic E-state index is 12.2. The van der Waals surface area contributed by atoms with Crippen molar-refractivity contribution in [3.05, 3.63) is 24.3 Å². The molecule has 2 rings (SSSR count). The Bertz CT molecular complexity index is 759. The molecular formula is C16H21NO7S. The minimum Gasteiger partial charge on any atom is -0.508 e. The molecule has 1 unspecified atom stereocenters. The van der Waals surface area contributed by atoms with Gasteiger partial charge in [-0.05, 0) is 38.1 Å². The largest absolute Gasteiger partial charge is 0.508 e. The monoisotopic (exact) mass is 371 g/mol. The average Bonchev–Trinajstić information content (AvgIpc) is 2.87. The van der Waals surface area contributed by atoms with Crippen molar-refractivity contribution in [2.24, 2.45) is 0 Å². The van der Waals surface area contributed by atoms with E-state index in [9.17, 15) is 23.1 Å². The number of carbonyl (C=O) groups is 2. The number of rotatable bonds is 6. The van der Waals surface area contributed by atoms with Crippen LogP contribution >= 0.6 is 0 Å². The highest BCUT2D eigenvalue weighted by Crippen LogP contribution is 2.31. The number of esters is 1. The molecule has 1 heterocycles. The first-order valence-corrected chi connectivity index (χ1v) is 9.61. The molecule has 1 aromatic carbocycles. The van der Waals surface area contributed by atoms with Crippen molar-refractivity contribution in [2.45, 2.75) is 31.1 Å². The molecule has 1 amide bonds. The molecule has 0 radical (unpaired) electrons. The summed E-state index contributed by atoms with van der Waals surface area (Å²) in [5, 5.41) is 9.32. The van der Waals surface area contributed by atoms with Gasteiger partial charge >= 0.3 is 12.1 Å². The Hall–Kier alpha value is -2.29. The molecule has 9 heteroatoms. The Kier molecular flexibility index (Phi) is 5.26. The summed E-state index contributed by atoms with van der Waals surface area (Å²) in [5.41, 5.74) is 0.502. The fourth-order valence-electron chi connectivity index (χ4n) is 2.58. The normalized spacial score (nSPS) is 20.0. The van der Waals surface area contributed by atoms with Crippen molar-refractivity contribution < 1.29 is 32.6 Å². The summed E-state index contributed by atoms with van der Waals surface area (Å²) < 4.78 is 32.6. The van der Waals surface area contributed by atoms with Gasteiger partial charge in [-0.15, -0.1) is 0 Å². The number of phenolic OH excluding ortho intramolecular Hbond substituents is 1. The number of sulfone groups is 1. The SMILES string of the molecule is CCOC(=O)C(C)(C[C@H]1CN(c2ccc(O)cc2)C(=O)O1)S(C)(=O)=O. The summed E-state index contributed by atoms with van der Waals surface area (Å²) in [4.78, 5) is 25.6. The van der Waals surface area contributed by atoms with Crippen LogP contribution in [0.5, 0.6) is 5.75 Å². The first-order valence-electron chi connectivity index (χ1n) is 7.72. The molecule has 1 N–H and O–H groups in total. The van der Waals surface area contributed by atoms with Gasteiger partial charge in [0.25, 0.3) is 0 Å². The molecule has 0 saturated carbocycles. The zero-order chi connectivity index (χ0) is 18.8. The van der Waals surface area contributed by atoms with Crippen LogP contribution in [0, 0.1) is 0 Å². The fourth-order valence-corrected chi connectivity index (χ4v) is 3.43. The van der Waals surface area contributed by atoms with Crippen LogP contribution in [0.3, 0.4) is 0 Å². The van der Waals surface area contributed by atoms with E-state index in [1.165, 1.54) is 24.0 Å². The number of nitrogens with zero attached hydrogens (tertiary/aromatic N) is 1. The highest BCUT2D eigenvalue weighted by Gasteiger charge is 2.49. The zero-order valence-electron chi connectivity index (χ0n) is 14.3. The lowest BCUT2D eigenvalue weighted by molar-refractivity contribution is -0.146. The summed E-state index contributed by atoms with van der Waals surface area (Å²) >= 11 is 0. The molecule has 0 aliphatic carbocycles. The number of aromatic hydroxyl groups is 1. The molecule has 2 atom stereocenters. The fraction of sp³-hybridized carbons (Fsp3) is 0.500. The van der Waals surface area contributed by atoms with Crippen LogP contribution in [-0.4, -0.2) is 55.8 Å². The molecule has 25 heavy (non-hydrogen) atoms. The van der Waals surface area contributed by atoms with E-state index in [0.717, 1.165) is 6.26 Å². The van der Waals surface area contributed by atoms with E-state index in [0.29, 0.717) is 5.69 Å². The number of hydrogen-bond acceptors (Lipinski definition) is 7.